The maximum absolute atomic E-state index is 9.81. The first-order chi connectivity index (χ1) is 9.66. The second kappa shape index (κ2) is 6.72. The molecule has 1 heterocycles. The van der Waals surface area contributed by atoms with Gasteiger partial charge in [-0.3, -0.25) is 4.68 Å². The zero-order valence-electron chi connectivity index (χ0n) is 12.9. The average Bonchev–Trinajstić information content (AvgIpc) is 3.17. The van der Waals surface area contributed by atoms with Gasteiger partial charge in [0.25, 0.3) is 0 Å². The lowest BCUT2D eigenvalue weighted by molar-refractivity contribution is 0.114. The Balaban J connectivity index is 2.06. The van der Waals surface area contributed by atoms with Crippen molar-refractivity contribution in [2.45, 2.75) is 58.4 Å². The molecule has 3 N–H and O–H groups in total. The molecule has 0 aliphatic heterocycles. The van der Waals surface area contributed by atoms with Crippen LogP contribution in [0, 0.1) is 11.3 Å². The first-order valence-electron chi connectivity index (χ1n) is 8.01. The summed E-state index contributed by atoms with van der Waals surface area (Å²) < 4.78 is 2.07. The van der Waals surface area contributed by atoms with E-state index in [0.717, 1.165) is 37.3 Å². The summed E-state index contributed by atoms with van der Waals surface area (Å²) in [5, 5.41) is 14.5. The Labute approximate surface area is 122 Å². The molecule has 1 saturated carbocycles. The van der Waals surface area contributed by atoms with Gasteiger partial charge in [-0.15, -0.1) is 0 Å². The number of rotatable bonds is 9. The zero-order chi connectivity index (χ0) is 14.6. The van der Waals surface area contributed by atoms with E-state index in [4.69, 9.17) is 10.8 Å². The molecule has 1 aromatic heterocycles. The molecule has 1 unspecified atom stereocenters. The highest BCUT2D eigenvalue weighted by Gasteiger charge is 2.36. The summed E-state index contributed by atoms with van der Waals surface area (Å²) >= 11 is 0. The summed E-state index contributed by atoms with van der Waals surface area (Å²) in [5.41, 5.74) is 6.86. The van der Waals surface area contributed by atoms with Gasteiger partial charge in [0.05, 0.1) is 18.3 Å². The minimum absolute atomic E-state index is 0.165. The van der Waals surface area contributed by atoms with Crippen LogP contribution in [0.1, 0.15) is 57.7 Å². The number of nitrogens with two attached hydrogens (primary N) is 1. The van der Waals surface area contributed by atoms with E-state index >= 15 is 0 Å². The first kappa shape index (κ1) is 15.5. The van der Waals surface area contributed by atoms with E-state index in [-0.39, 0.29) is 12.0 Å². The van der Waals surface area contributed by atoms with Crippen LogP contribution in [0.2, 0.25) is 0 Å². The standard InChI is InChI=1S/C16H29N3O/c1-3-15(4-2)19-8-7-14(18-19)10-16(11-17,12-20)9-13-5-6-13/h7-8,13,15,20H,3-6,9-12,17H2,1-2H3. The molecule has 114 valence electrons. The van der Waals surface area contributed by atoms with Gasteiger partial charge in [-0.05, 0) is 31.2 Å². The Morgan fingerprint density at radius 1 is 1.45 bits per heavy atom. The minimum atomic E-state index is -0.172. The largest absolute Gasteiger partial charge is 0.396 e. The Hall–Kier alpha value is -0.870. The Morgan fingerprint density at radius 3 is 2.65 bits per heavy atom. The van der Waals surface area contributed by atoms with Gasteiger partial charge in [-0.1, -0.05) is 26.7 Å². The van der Waals surface area contributed by atoms with Crippen LogP contribution in [0.15, 0.2) is 12.3 Å². The Kier molecular flexibility index (Phi) is 5.22. The molecule has 2 rings (SSSR count). The van der Waals surface area contributed by atoms with Gasteiger partial charge in [-0.2, -0.15) is 5.10 Å². The summed E-state index contributed by atoms with van der Waals surface area (Å²) in [6, 6.07) is 2.57. The lowest BCUT2D eigenvalue weighted by Gasteiger charge is -2.30. The normalized spacial score (nSPS) is 18.4. The minimum Gasteiger partial charge on any atom is -0.396 e. The first-order valence-corrected chi connectivity index (χ1v) is 8.01. The molecule has 1 fully saturated rings. The summed E-state index contributed by atoms with van der Waals surface area (Å²) in [6.07, 6.45) is 8.70. The summed E-state index contributed by atoms with van der Waals surface area (Å²) in [7, 11) is 0. The second-order valence-electron chi connectivity index (χ2n) is 6.44. The van der Waals surface area contributed by atoms with Crippen molar-refractivity contribution in [2.24, 2.45) is 17.1 Å². The van der Waals surface area contributed by atoms with Gasteiger partial charge in [0.15, 0.2) is 0 Å². The van der Waals surface area contributed by atoms with Crippen LogP contribution in [0.5, 0.6) is 0 Å². The molecule has 0 bridgehead atoms. The van der Waals surface area contributed by atoms with Crippen molar-refractivity contribution >= 4 is 0 Å². The Bertz CT molecular complexity index is 404. The van der Waals surface area contributed by atoms with E-state index < -0.39 is 0 Å². The van der Waals surface area contributed by atoms with Crippen molar-refractivity contribution in [1.29, 1.82) is 0 Å². The number of aliphatic hydroxyl groups is 1. The number of aromatic nitrogens is 2. The lowest BCUT2D eigenvalue weighted by Crippen LogP contribution is -2.37. The fourth-order valence-electron chi connectivity index (χ4n) is 3.07. The third kappa shape index (κ3) is 3.61. The van der Waals surface area contributed by atoms with Crippen molar-refractivity contribution in [3.05, 3.63) is 18.0 Å². The van der Waals surface area contributed by atoms with E-state index in [1.165, 1.54) is 12.8 Å². The van der Waals surface area contributed by atoms with E-state index in [0.29, 0.717) is 12.6 Å². The molecular formula is C16H29N3O. The highest BCUT2D eigenvalue weighted by molar-refractivity contribution is 5.05. The molecule has 20 heavy (non-hydrogen) atoms. The third-order valence-electron chi connectivity index (χ3n) is 4.72. The van der Waals surface area contributed by atoms with Crippen molar-refractivity contribution in [3.8, 4) is 0 Å². The molecule has 4 nitrogen and oxygen atoms in total. The van der Waals surface area contributed by atoms with Crippen LogP contribution in [-0.2, 0) is 6.42 Å². The zero-order valence-corrected chi connectivity index (χ0v) is 12.9. The van der Waals surface area contributed by atoms with E-state index in [2.05, 4.69) is 30.8 Å². The molecule has 1 atom stereocenters. The number of nitrogens with zero attached hydrogens (tertiary/aromatic N) is 2. The highest BCUT2D eigenvalue weighted by atomic mass is 16.3. The molecule has 0 radical (unpaired) electrons. The van der Waals surface area contributed by atoms with E-state index in [1.807, 2.05) is 0 Å². The average molecular weight is 279 g/mol. The van der Waals surface area contributed by atoms with Crippen molar-refractivity contribution < 1.29 is 5.11 Å². The molecular weight excluding hydrogens is 250 g/mol. The second-order valence-corrected chi connectivity index (χ2v) is 6.44. The predicted molar refractivity (Wildman–Crippen MR) is 81.5 cm³/mol. The van der Waals surface area contributed by atoms with Crippen molar-refractivity contribution in [1.82, 2.24) is 9.78 Å². The maximum Gasteiger partial charge on any atom is 0.0631 e. The van der Waals surface area contributed by atoms with Gasteiger partial charge in [0, 0.05) is 24.6 Å². The van der Waals surface area contributed by atoms with Gasteiger partial charge in [0.1, 0.15) is 0 Å². The topological polar surface area (TPSA) is 64.1 Å². The molecule has 1 aliphatic rings. The molecule has 0 amide bonds. The maximum atomic E-state index is 9.81. The molecule has 4 heteroatoms. The van der Waals surface area contributed by atoms with Gasteiger partial charge < -0.3 is 10.8 Å². The van der Waals surface area contributed by atoms with Crippen molar-refractivity contribution in [2.75, 3.05) is 13.2 Å². The number of hydrogen-bond acceptors (Lipinski definition) is 3. The number of aliphatic hydroxyl groups excluding tert-OH is 1. The number of hydrogen-bond donors (Lipinski definition) is 2. The summed E-state index contributed by atoms with van der Waals surface area (Å²) in [6.45, 7) is 5.09. The van der Waals surface area contributed by atoms with Crippen LogP contribution in [0.3, 0.4) is 0 Å². The smallest absolute Gasteiger partial charge is 0.0631 e. The molecule has 0 spiro atoms. The van der Waals surface area contributed by atoms with Crippen LogP contribution in [0.4, 0.5) is 0 Å². The van der Waals surface area contributed by atoms with Crippen molar-refractivity contribution in [3.63, 3.8) is 0 Å². The van der Waals surface area contributed by atoms with Crippen LogP contribution in [-0.4, -0.2) is 28.0 Å². The summed E-state index contributed by atoms with van der Waals surface area (Å²) in [4.78, 5) is 0. The molecule has 1 aromatic rings. The monoisotopic (exact) mass is 279 g/mol. The molecule has 0 aromatic carbocycles. The quantitative estimate of drug-likeness (QED) is 0.730. The van der Waals surface area contributed by atoms with Gasteiger partial charge >= 0.3 is 0 Å². The van der Waals surface area contributed by atoms with Crippen LogP contribution >= 0.6 is 0 Å². The summed E-state index contributed by atoms with van der Waals surface area (Å²) in [5.74, 6) is 0.770. The molecule has 0 saturated heterocycles. The SMILES string of the molecule is CCC(CC)n1ccc(CC(CN)(CO)CC2CC2)n1. The van der Waals surface area contributed by atoms with E-state index in [1.54, 1.807) is 0 Å². The predicted octanol–water partition coefficient (Wildman–Crippen LogP) is 2.52. The van der Waals surface area contributed by atoms with Crippen LogP contribution < -0.4 is 5.73 Å². The fourth-order valence-corrected chi connectivity index (χ4v) is 3.07. The van der Waals surface area contributed by atoms with Crippen LogP contribution in [0.25, 0.3) is 0 Å². The van der Waals surface area contributed by atoms with Gasteiger partial charge in [0.2, 0.25) is 0 Å². The fraction of sp³-hybridized carbons (Fsp3) is 0.812. The lowest BCUT2D eigenvalue weighted by atomic mass is 9.79. The third-order valence-corrected chi connectivity index (χ3v) is 4.72. The Morgan fingerprint density at radius 2 is 2.15 bits per heavy atom. The van der Waals surface area contributed by atoms with Gasteiger partial charge in [-0.25, -0.2) is 0 Å². The highest BCUT2D eigenvalue weighted by Crippen LogP contribution is 2.41. The van der Waals surface area contributed by atoms with E-state index in [9.17, 15) is 5.11 Å². The molecule has 1 aliphatic carbocycles.